The van der Waals surface area contributed by atoms with Gasteiger partial charge < -0.3 is 0 Å². The molecule has 2 heteroatoms. The Hall–Kier alpha value is -3.78. The maximum Gasteiger partial charge on any atom is 0.194 e. The molecule has 0 saturated heterocycles. The summed E-state index contributed by atoms with van der Waals surface area (Å²) in [4.78, 5) is 17.4. The maximum atomic E-state index is 12.7. The molecule has 0 atom stereocenters. The first kappa shape index (κ1) is 16.2. The van der Waals surface area contributed by atoms with E-state index >= 15 is 0 Å². The number of aliphatic imine (C=N–C) groups is 1. The molecule has 0 aromatic heterocycles. The van der Waals surface area contributed by atoms with Gasteiger partial charge in [0.2, 0.25) is 0 Å². The minimum atomic E-state index is 0.0983. The molecule has 0 fully saturated rings. The Labute approximate surface area is 169 Å². The highest BCUT2D eigenvalue weighted by molar-refractivity contribution is 6.22. The largest absolute Gasteiger partial charge is 0.289 e. The van der Waals surface area contributed by atoms with Crippen molar-refractivity contribution in [2.75, 3.05) is 0 Å². The van der Waals surface area contributed by atoms with Crippen LogP contribution in [0.1, 0.15) is 32.6 Å². The fraction of sp³-hybridized carbons (Fsp3) is 0.0370. The maximum absolute atomic E-state index is 12.7. The van der Waals surface area contributed by atoms with E-state index < -0.39 is 0 Å². The molecule has 0 heterocycles. The van der Waals surface area contributed by atoms with Gasteiger partial charge in [-0.05, 0) is 63.6 Å². The molecule has 4 aromatic carbocycles. The second kappa shape index (κ2) is 6.11. The van der Waals surface area contributed by atoms with Crippen LogP contribution in [0.2, 0.25) is 0 Å². The number of carbonyl (C=O) groups excluding carboxylic acids is 1. The summed E-state index contributed by atoms with van der Waals surface area (Å²) in [5.74, 6) is 0.0983. The first-order chi connectivity index (χ1) is 14.3. The fourth-order valence-electron chi connectivity index (χ4n) is 4.49. The van der Waals surface area contributed by atoms with Gasteiger partial charge in [0.1, 0.15) is 0 Å². The number of hydrogen-bond acceptors (Lipinski definition) is 2. The molecule has 0 unspecified atom stereocenters. The molecule has 0 radical (unpaired) electrons. The predicted octanol–water partition coefficient (Wildman–Crippen LogP) is 6.22. The molecule has 0 saturated carbocycles. The molecule has 0 amide bonds. The number of nitrogens with zero attached hydrogens (tertiary/aromatic N) is 1. The van der Waals surface area contributed by atoms with Crippen LogP contribution in [-0.4, -0.2) is 12.0 Å². The van der Waals surface area contributed by atoms with Gasteiger partial charge in [-0.2, -0.15) is 0 Å². The van der Waals surface area contributed by atoms with Crippen molar-refractivity contribution in [3.05, 3.63) is 113 Å². The van der Waals surface area contributed by atoms with Crippen LogP contribution in [-0.2, 0) is 6.42 Å². The zero-order valence-corrected chi connectivity index (χ0v) is 15.7. The van der Waals surface area contributed by atoms with Crippen LogP contribution in [0.3, 0.4) is 0 Å². The molecule has 2 aliphatic rings. The molecule has 0 spiro atoms. The lowest BCUT2D eigenvalue weighted by Crippen LogP contribution is -1.95. The third-order valence-electron chi connectivity index (χ3n) is 5.89. The smallest absolute Gasteiger partial charge is 0.194 e. The molecule has 29 heavy (non-hydrogen) atoms. The number of hydrogen-bond donors (Lipinski definition) is 0. The Balaban J connectivity index is 1.31. The number of benzene rings is 4. The first-order valence-corrected chi connectivity index (χ1v) is 9.81. The van der Waals surface area contributed by atoms with Gasteiger partial charge in [0, 0.05) is 17.3 Å². The Morgan fingerprint density at radius 1 is 0.621 bits per heavy atom. The van der Waals surface area contributed by atoms with Gasteiger partial charge in [-0.15, -0.1) is 0 Å². The zero-order valence-electron chi connectivity index (χ0n) is 15.7. The Morgan fingerprint density at radius 2 is 1.31 bits per heavy atom. The van der Waals surface area contributed by atoms with E-state index in [2.05, 4.69) is 47.5 Å². The summed E-state index contributed by atoms with van der Waals surface area (Å²) >= 11 is 0. The molecule has 2 aliphatic carbocycles. The van der Waals surface area contributed by atoms with Crippen molar-refractivity contribution in [3.63, 3.8) is 0 Å². The molecular weight excluding hydrogens is 354 g/mol. The lowest BCUT2D eigenvalue weighted by atomic mass is 10.0. The molecule has 136 valence electrons. The van der Waals surface area contributed by atoms with E-state index in [1.165, 1.54) is 22.3 Å². The van der Waals surface area contributed by atoms with E-state index in [9.17, 15) is 4.79 Å². The predicted molar refractivity (Wildman–Crippen MR) is 117 cm³/mol. The third-order valence-corrected chi connectivity index (χ3v) is 5.89. The van der Waals surface area contributed by atoms with Crippen LogP contribution in [0, 0.1) is 0 Å². The Kier molecular flexibility index (Phi) is 3.41. The molecule has 4 aromatic rings. The Bertz CT molecular complexity index is 1350. The van der Waals surface area contributed by atoms with Gasteiger partial charge in [-0.1, -0.05) is 66.7 Å². The van der Waals surface area contributed by atoms with Crippen molar-refractivity contribution in [3.8, 4) is 22.3 Å². The second-order valence-corrected chi connectivity index (χ2v) is 7.61. The Morgan fingerprint density at radius 3 is 2.21 bits per heavy atom. The van der Waals surface area contributed by atoms with Crippen molar-refractivity contribution in [1.29, 1.82) is 0 Å². The molecular formula is C27H17NO. The van der Waals surface area contributed by atoms with Gasteiger partial charge >= 0.3 is 0 Å². The van der Waals surface area contributed by atoms with Crippen LogP contribution < -0.4 is 0 Å². The van der Waals surface area contributed by atoms with Gasteiger partial charge in [-0.25, -0.2) is 0 Å². The normalized spacial score (nSPS) is 13.3. The summed E-state index contributed by atoms with van der Waals surface area (Å²) < 4.78 is 0. The van der Waals surface area contributed by atoms with E-state index in [1.54, 1.807) is 0 Å². The highest BCUT2D eigenvalue weighted by Crippen LogP contribution is 2.38. The van der Waals surface area contributed by atoms with E-state index in [0.717, 1.165) is 39.9 Å². The van der Waals surface area contributed by atoms with Crippen molar-refractivity contribution >= 4 is 17.7 Å². The quantitative estimate of drug-likeness (QED) is 0.332. The SMILES string of the molecule is O=C1c2ccccc2-c2ccc(C=Nc3ccc4c(c3)Cc3ccccc3-4)cc21. The topological polar surface area (TPSA) is 29.4 Å². The van der Waals surface area contributed by atoms with Crippen molar-refractivity contribution in [2.24, 2.45) is 4.99 Å². The van der Waals surface area contributed by atoms with Crippen LogP contribution in [0.15, 0.2) is 89.9 Å². The molecule has 0 aliphatic heterocycles. The standard InChI is InChI=1S/C27H17NO/c29-27-25-8-4-3-7-23(25)24-11-9-17(13-26(24)27)16-28-20-10-12-22-19(15-20)14-18-5-1-2-6-21(18)22/h1-13,15-16H,14H2. The number of carbonyl (C=O) groups is 1. The monoisotopic (exact) mass is 371 g/mol. The van der Waals surface area contributed by atoms with E-state index in [4.69, 9.17) is 0 Å². The first-order valence-electron chi connectivity index (χ1n) is 9.81. The summed E-state index contributed by atoms with van der Waals surface area (Å²) in [6.45, 7) is 0. The van der Waals surface area contributed by atoms with Crippen LogP contribution >= 0.6 is 0 Å². The minimum Gasteiger partial charge on any atom is -0.289 e. The van der Waals surface area contributed by atoms with E-state index in [0.29, 0.717) is 0 Å². The van der Waals surface area contributed by atoms with Crippen LogP contribution in [0.5, 0.6) is 0 Å². The molecule has 0 N–H and O–H groups in total. The summed E-state index contributed by atoms with van der Waals surface area (Å²) in [5.41, 5.74) is 10.8. The van der Waals surface area contributed by atoms with Gasteiger partial charge in [0.15, 0.2) is 5.78 Å². The summed E-state index contributed by atoms with van der Waals surface area (Å²) in [5, 5.41) is 0. The van der Waals surface area contributed by atoms with Gasteiger partial charge in [0.25, 0.3) is 0 Å². The molecule has 6 rings (SSSR count). The zero-order chi connectivity index (χ0) is 19.4. The summed E-state index contributed by atoms with van der Waals surface area (Å²) in [7, 11) is 0. The van der Waals surface area contributed by atoms with Crippen molar-refractivity contribution in [1.82, 2.24) is 0 Å². The van der Waals surface area contributed by atoms with E-state index in [-0.39, 0.29) is 5.78 Å². The van der Waals surface area contributed by atoms with Crippen molar-refractivity contribution < 1.29 is 4.79 Å². The molecule has 0 bridgehead atoms. The van der Waals surface area contributed by atoms with Gasteiger partial charge in [0.05, 0.1) is 5.69 Å². The lowest BCUT2D eigenvalue weighted by Gasteiger charge is -2.03. The average molecular weight is 371 g/mol. The summed E-state index contributed by atoms with van der Waals surface area (Å²) in [6.07, 6.45) is 2.81. The van der Waals surface area contributed by atoms with Crippen molar-refractivity contribution in [2.45, 2.75) is 6.42 Å². The highest BCUT2D eigenvalue weighted by atomic mass is 16.1. The van der Waals surface area contributed by atoms with Crippen LogP contribution in [0.25, 0.3) is 22.3 Å². The third kappa shape index (κ3) is 2.50. The highest BCUT2D eigenvalue weighted by Gasteiger charge is 2.26. The minimum absolute atomic E-state index is 0.0983. The molecule has 2 nitrogen and oxygen atoms in total. The number of rotatable bonds is 2. The second-order valence-electron chi connectivity index (χ2n) is 7.61. The average Bonchev–Trinajstić information content (AvgIpc) is 3.27. The fourth-order valence-corrected chi connectivity index (χ4v) is 4.49. The van der Waals surface area contributed by atoms with E-state index in [1.807, 2.05) is 48.7 Å². The number of fused-ring (bicyclic) bond motifs is 6. The lowest BCUT2D eigenvalue weighted by molar-refractivity contribution is 0.104. The van der Waals surface area contributed by atoms with Gasteiger partial charge in [-0.3, -0.25) is 9.79 Å². The summed E-state index contributed by atoms with van der Waals surface area (Å²) in [6, 6.07) is 28.8. The number of ketones is 1. The van der Waals surface area contributed by atoms with Crippen LogP contribution in [0.4, 0.5) is 5.69 Å².